The van der Waals surface area contributed by atoms with Gasteiger partial charge in [-0.05, 0) is 31.2 Å². The summed E-state index contributed by atoms with van der Waals surface area (Å²) < 4.78 is 5.63. The molecule has 0 saturated carbocycles. The standard InChI is InChI=1S/C21H23ClN2O3/c1-3-27-19-10-5-4-7-15(19)13-23(2)21(26)16-11-20(25)24(14-16)18-9-6-8-17(22)12-18/h4-10,12,16H,3,11,13-14H2,1-2H3. The number of benzene rings is 2. The van der Waals surface area contributed by atoms with Crippen molar-refractivity contribution < 1.29 is 14.3 Å². The molecule has 0 aromatic heterocycles. The predicted molar refractivity (Wildman–Crippen MR) is 106 cm³/mol. The van der Waals surface area contributed by atoms with Gasteiger partial charge in [-0.3, -0.25) is 9.59 Å². The lowest BCUT2D eigenvalue weighted by atomic mass is 10.1. The zero-order valence-electron chi connectivity index (χ0n) is 15.5. The van der Waals surface area contributed by atoms with Crippen molar-refractivity contribution in [1.29, 1.82) is 0 Å². The highest BCUT2D eigenvalue weighted by molar-refractivity contribution is 6.31. The van der Waals surface area contributed by atoms with E-state index < -0.39 is 0 Å². The van der Waals surface area contributed by atoms with Crippen LogP contribution in [0.4, 0.5) is 5.69 Å². The van der Waals surface area contributed by atoms with E-state index in [1.54, 1.807) is 35.0 Å². The molecule has 2 amide bonds. The highest BCUT2D eigenvalue weighted by Gasteiger charge is 2.36. The maximum atomic E-state index is 12.9. The second kappa shape index (κ2) is 8.44. The average Bonchev–Trinajstić information content (AvgIpc) is 3.04. The van der Waals surface area contributed by atoms with Crippen molar-refractivity contribution in [3.8, 4) is 5.75 Å². The monoisotopic (exact) mass is 386 g/mol. The molecule has 142 valence electrons. The van der Waals surface area contributed by atoms with Gasteiger partial charge >= 0.3 is 0 Å². The van der Waals surface area contributed by atoms with Crippen LogP contribution in [-0.4, -0.2) is 36.9 Å². The van der Waals surface area contributed by atoms with Crippen LogP contribution in [0, 0.1) is 5.92 Å². The Labute approximate surface area is 164 Å². The number of hydrogen-bond donors (Lipinski definition) is 0. The van der Waals surface area contributed by atoms with Gasteiger partial charge in [0, 0.05) is 42.8 Å². The van der Waals surface area contributed by atoms with Crippen LogP contribution >= 0.6 is 11.6 Å². The number of ether oxygens (including phenoxy) is 1. The number of anilines is 1. The molecule has 6 heteroatoms. The van der Waals surface area contributed by atoms with Crippen LogP contribution in [0.25, 0.3) is 0 Å². The highest BCUT2D eigenvalue weighted by Crippen LogP contribution is 2.28. The lowest BCUT2D eigenvalue weighted by Crippen LogP contribution is -2.34. The molecule has 1 saturated heterocycles. The van der Waals surface area contributed by atoms with Crippen molar-refractivity contribution in [3.05, 3.63) is 59.1 Å². The van der Waals surface area contributed by atoms with Gasteiger partial charge in [0.2, 0.25) is 11.8 Å². The van der Waals surface area contributed by atoms with E-state index in [4.69, 9.17) is 16.3 Å². The number of hydrogen-bond acceptors (Lipinski definition) is 3. The van der Waals surface area contributed by atoms with Gasteiger partial charge in [0.25, 0.3) is 0 Å². The normalized spacial score (nSPS) is 16.5. The fraction of sp³-hybridized carbons (Fsp3) is 0.333. The first-order chi connectivity index (χ1) is 13.0. The summed E-state index contributed by atoms with van der Waals surface area (Å²) in [7, 11) is 1.76. The second-order valence-corrected chi connectivity index (χ2v) is 7.06. The Morgan fingerprint density at radius 3 is 2.78 bits per heavy atom. The lowest BCUT2D eigenvalue weighted by molar-refractivity contribution is -0.135. The van der Waals surface area contributed by atoms with Gasteiger partial charge in [-0.15, -0.1) is 0 Å². The Kier molecular flexibility index (Phi) is 6.01. The van der Waals surface area contributed by atoms with Crippen molar-refractivity contribution in [3.63, 3.8) is 0 Å². The Morgan fingerprint density at radius 1 is 1.26 bits per heavy atom. The predicted octanol–water partition coefficient (Wildman–Crippen LogP) is 3.75. The van der Waals surface area contributed by atoms with E-state index in [0.717, 1.165) is 17.0 Å². The van der Waals surface area contributed by atoms with Crippen molar-refractivity contribution in [2.45, 2.75) is 19.9 Å². The molecule has 5 nitrogen and oxygen atoms in total. The molecule has 1 aliphatic heterocycles. The summed E-state index contributed by atoms with van der Waals surface area (Å²) in [6, 6.07) is 14.8. The van der Waals surface area contributed by atoms with Crippen LogP contribution in [0.2, 0.25) is 5.02 Å². The molecule has 3 rings (SSSR count). The smallest absolute Gasteiger partial charge is 0.228 e. The number of carbonyl (C=O) groups is 2. The maximum Gasteiger partial charge on any atom is 0.228 e. The zero-order chi connectivity index (χ0) is 19.4. The van der Waals surface area contributed by atoms with Crippen LogP contribution in [0.5, 0.6) is 5.75 Å². The molecule has 0 N–H and O–H groups in total. The summed E-state index contributed by atoms with van der Waals surface area (Å²) in [5.41, 5.74) is 1.68. The van der Waals surface area contributed by atoms with Gasteiger partial charge in [-0.25, -0.2) is 0 Å². The molecule has 0 radical (unpaired) electrons. The Hall–Kier alpha value is -2.53. The van der Waals surface area contributed by atoms with E-state index in [-0.39, 0.29) is 24.2 Å². The first-order valence-corrected chi connectivity index (χ1v) is 9.39. The molecule has 0 spiro atoms. The van der Waals surface area contributed by atoms with Gasteiger partial charge in [0.15, 0.2) is 0 Å². The summed E-state index contributed by atoms with van der Waals surface area (Å²) in [4.78, 5) is 28.6. The number of nitrogens with zero attached hydrogens (tertiary/aromatic N) is 2. The Bertz CT molecular complexity index is 840. The van der Waals surface area contributed by atoms with Crippen molar-refractivity contribution in [1.82, 2.24) is 4.90 Å². The van der Waals surface area contributed by atoms with Crippen molar-refractivity contribution in [2.75, 3.05) is 25.1 Å². The molecule has 1 unspecified atom stereocenters. The third-order valence-corrected chi connectivity index (χ3v) is 4.89. The minimum Gasteiger partial charge on any atom is -0.494 e. The van der Waals surface area contributed by atoms with Crippen LogP contribution in [0.15, 0.2) is 48.5 Å². The third kappa shape index (κ3) is 4.42. The molecule has 0 aliphatic carbocycles. The van der Waals surface area contributed by atoms with E-state index in [0.29, 0.717) is 24.7 Å². The van der Waals surface area contributed by atoms with Gasteiger partial charge < -0.3 is 14.5 Å². The molecular formula is C21H23ClN2O3. The minimum absolute atomic E-state index is 0.0424. The first-order valence-electron chi connectivity index (χ1n) is 9.01. The fourth-order valence-corrected chi connectivity index (χ4v) is 3.53. The quantitative estimate of drug-likeness (QED) is 0.759. The number of rotatable bonds is 6. The number of halogens is 1. The van der Waals surface area contributed by atoms with E-state index in [2.05, 4.69) is 0 Å². The van der Waals surface area contributed by atoms with Gasteiger partial charge in [0.1, 0.15) is 5.75 Å². The topological polar surface area (TPSA) is 49.9 Å². The third-order valence-electron chi connectivity index (χ3n) is 4.65. The second-order valence-electron chi connectivity index (χ2n) is 6.62. The SMILES string of the molecule is CCOc1ccccc1CN(C)C(=O)C1CC(=O)N(c2cccc(Cl)c2)C1. The molecule has 1 heterocycles. The molecule has 1 atom stereocenters. The highest BCUT2D eigenvalue weighted by atomic mass is 35.5. The van der Waals surface area contributed by atoms with Gasteiger partial charge in [-0.1, -0.05) is 35.9 Å². The van der Waals surface area contributed by atoms with Crippen LogP contribution < -0.4 is 9.64 Å². The summed E-state index contributed by atoms with van der Waals surface area (Å²) in [6.45, 7) is 3.31. The van der Waals surface area contributed by atoms with Crippen LogP contribution in [0.1, 0.15) is 18.9 Å². The number of carbonyl (C=O) groups excluding carboxylic acids is 2. The molecule has 0 bridgehead atoms. The van der Waals surface area contributed by atoms with Gasteiger partial charge in [-0.2, -0.15) is 0 Å². The van der Waals surface area contributed by atoms with Gasteiger partial charge in [0.05, 0.1) is 12.5 Å². The van der Waals surface area contributed by atoms with Crippen molar-refractivity contribution in [2.24, 2.45) is 5.92 Å². The zero-order valence-corrected chi connectivity index (χ0v) is 16.3. The summed E-state index contributed by atoms with van der Waals surface area (Å²) >= 11 is 6.03. The van der Waals surface area contributed by atoms with E-state index in [9.17, 15) is 9.59 Å². The molecule has 27 heavy (non-hydrogen) atoms. The molecule has 1 fully saturated rings. The summed E-state index contributed by atoms with van der Waals surface area (Å²) in [5.74, 6) is 0.321. The summed E-state index contributed by atoms with van der Waals surface area (Å²) in [5, 5.41) is 0.569. The molecule has 2 aromatic rings. The largest absolute Gasteiger partial charge is 0.494 e. The number of amides is 2. The average molecular weight is 387 g/mol. The van der Waals surface area contributed by atoms with Crippen molar-refractivity contribution >= 4 is 29.1 Å². The minimum atomic E-state index is -0.360. The fourth-order valence-electron chi connectivity index (χ4n) is 3.34. The molecular weight excluding hydrogens is 364 g/mol. The van der Waals surface area contributed by atoms with Crippen LogP contribution in [-0.2, 0) is 16.1 Å². The molecule has 2 aromatic carbocycles. The van der Waals surface area contributed by atoms with E-state index in [1.165, 1.54) is 0 Å². The lowest BCUT2D eigenvalue weighted by Gasteiger charge is -2.22. The molecule has 1 aliphatic rings. The van der Waals surface area contributed by atoms with E-state index >= 15 is 0 Å². The Morgan fingerprint density at radius 2 is 2.04 bits per heavy atom. The first kappa shape index (κ1) is 19.2. The van der Waals surface area contributed by atoms with Crippen LogP contribution in [0.3, 0.4) is 0 Å². The Balaban J connectivity index is 1.68. The van der Waals surface area contributed by atoms with E-state index in [1.807, 2.05) is 37.3 Å². The maximum absolute atomic E-state index is 12.9. The number of para-hydroxylation sites is 1. The summed E-state index contributed by atoms with van der Waals surface area (Å²) in [6.07, 6.45) is 0.211.